The van der Waals surface area contributed by atoms with Crippen LogP contribution in [0.2, 0.25) is 5.02 Å². The summed E-state index contributed by atoms with van der Waals surface area (Å²) >= 11 is 5.89. The molecule has 0 aliphatic rings. The lowest BCUT2D eigenvalue weighted by Crippen LogP contribution is -1.90. The number of rotatable bonds is 2. The molecule has 0 aliphatic carbocycles. The largest absolute Gasteiger partial charge is 0.354 e. The second-order valence-corrected chi connectivity index (χ2v) is 4.24. The zero-order valence-electron chi connectivity index (χ0n) is 9.15. The van der Waals surface area contributed by atoms with E-state index < -0.39 is 0 Å². The average molecular weight is 263 g/mol. The quantitative estimate of drug-likeness (QED) is 0.745. The van der Waals surface area contributed by atoms with Gasteiger partial charge in [-0.3, -0.25) is 0 Å². The van der Waals surface area contributed by atoms with E-state index in [2.05, 4.69) is 10.5 Å². The molecule has 1 aromatic heterocycles. The minimum atomic E-state index is -0.354. The number of hydrogen-bond donors (Lipinski definition) is 1. The fraction of sp³-hybridized carbons (Fsp3) is 0. The minimum absolute atomic E-state index is 0.354. The average Bonchev–Trinajstić information content (AvgIpc) is 2.72. The lowest BCUT2D eigenvalue weighted by Gasteiger charge is -2.02. The number of anilines is 2. The highest BCUT2D eigenvalue weighted by molar-refractivity contribution is 6.30. The summed E-state index contributed by atoms with van der Waals surface area (Å²) in [6.07, 6.45) is 0. The summed E-state index contributed by atoms with van der Waals surface area (Å²) in [6.45, 7) is 0. The summed E-state index contributed by atoms with van der Waals surface area (Å²) in [6, 6.07) is 11.5. The van der Waals surface area contributed by atoms with Crippen LogP contribution in [0, 0.1) is 5.82 Å². The van der Waals surface area contributed by atoms with Gasteiger partial charge in [0.1, 0.15) is 5.82 Å². The van der Waals surface area contributed by atoms with E-state index in [-0.39, 0.29) is 5.82 Å². The Morgan fingerprint density at radius 1 is 1.17 bits per heavy atom. The summed E-state index contributed by atoms with van der Waals surface area (Å²) in [4.78, 5) is 0. The molecule has 0 unspecified atom stereocenters. The van der Waals surface area contributed by atoms with Crippen molar-refractivity contribution < 1.29 is 8.91 Å². The third-order valence-corrected chi connectivity index (χ3v) is 2.76. The van der Waals surface area contributed by atoms with Gasteiger partial charge in [0.2, 0.25) is 0 Å². The number of nitrogens with one attached hydrogen (secondary N) is 1. The van der Waals surface area contributed by atoms with Crippen molar-refractivity contribution in [1.29, 1.82) is 0 Å². The first kappa shape index (κ1) is 11.0. The molecule has 0 bridgehead atoms. The van der Waals surface area contributed by atoms with Crippen molar-refractivity contribution in [1.82, 2.24) is 5.16 Å². The first-order valence-electron chi connectivity index (χ1n) is 5.30. The van der Waals surface area contributed by atoms with E-state index in [1.807, 2.05) is 12.1 Å². The Kier molecular flexibility index (Phi) is 2.64. The predicted octanol–water partition coefficient (Wildman–Crippen LogP) is 4.36. The number of fused-ring (bicyclic) bond motifs is 1. The number of halogens is 2. The topological polar surface area (TPSA) is 38.1 Å². The molecule has 3 rings (SSSR count). The van der Waals surface area contributed by atoms with Gasteiger partial charge in [0.05, 0.1) is 5.39 Å². The highest BCUT2D eigenvalue weighted by Crippen LogP contribution is 2.27. The van der Waals surface area contributed by atoms with E-state index in [1.165, 1.54) is 12.1 Å². The van der Waals surface area contributed by atoms with E-state index in [9.17, 15) is 4.39 Å². The summed E-state index contributed by atoms with van der Waals surface area (Å²) in [7, 11) is 0. The molecule has 3 nitrogen and oxygen atoms in total. The van der Waals surface area contributed by atoms with Gasteiger partial charge in [0, 0.05) is 16.8 Å². The first-order valence-corrected chi connectivity index (χ1v) is 5.68. The summed E-state index contributed by atoms with van der Waals surface area (Å²) in [5, 5.41) is 8.28. The number of hydrogen-bond acceptors (Lipinski definition) is 3. The molecule has 0 saturated carbocycles. The van der Waals surface area contributed by atoms with Gasteiger partial charge in [-0.05, 0) is 30.3 Å². The number of benzene rings is 2. The SMILES string of the molecule is Fc1ccc2c(Nc3cccc(Cl)c3)noc2c1. The summed E-state index contributed by atoms with van der Waals surface area (Å²) in [5.41, 5.74) is 1.20. The van der Waals surface area contributed by atoms with Crippen molar-refractivity contribution in [2.45, 2.75) is 0 Å². The normalized spacial score (nSPS) is 10.8. The Balaban J connectivity index is 2.00. The van der Waals surface area contributed by atoms with Crippen molar-refractivity contribution in [2.24, 2.45) is 0 Å². The van der Waals surface area contributed by atoms with Crippen LogP contribution in [-0.4, -0.2) is 5.16 Å². The molecule has 3 aromatic rings. The highest BCUT2D eigenvalue weighted by atomic mass is 35.5. The Labute approximate surface area is 107 Å². The Morgan fingerprint density at radius 3 is 2.89 bits per heavy atom. The van der Waals surface area contributed by atoms with Gasteiger partial charge in [-0.2, -0.15) is 0 Å². The van der Waals surface area contributed by atoms with E-state index in [0.29, 0.717) is 16.4 Å². The lowest BCUT2D eigenvalue weighted by molar-refractivity contribution is 0.458. The van der Waals surface area contributed by atoms with Gasteiger partial charge in [0.25, 0.3) is 0 Å². The third kappa shape index (κ3) is 2.02. The minimum Gasteiger partial charge on any atom is -0.354 e. The summed E-state index contributed by atoms with van der Waals surface area (Å²) < 4.78 is 18.0. The number of aromatic nitrogens is 1. The lowest BCUT2D eigenvalue weighted by atomic mass is 10.2. The van der Waals surface area contributed by atoms with Crippen molar-refractivity contribution in [3.63, 3.8) is 0 Å². The van der Waals surface area contributed by atoms with Crippen LogP contribution in [0.3, 0.4) is 0 Å². The molecule has 0 aliphatic heterocycles. The van der Waals surface area contributed by atoms with Crippen LogP contribution in [0.15, 0.2) is 47.0 Å². The van der Waals surface area contributed by atoms with E-state index >= 15 is 0 Å². The fourth-order valence-electron chi connectivity index (χ4n) is 1.70. The maximum atomic E-state index is 13.0. The van der Waals surface area contributed by atoms with Gasteiger partial charge in [-0.15, -0.1) is 0 Å². The number of nitrogens with zero attached hydrogens (tertiary/aromatic N) is 1. The van der Waals surface area contributed by atoms with Crippen LogP contribution < -0.4 is 5.32 Å². The second kappa shape index (κ2) is 4.31. The smallest absolute Gasteiger partial charge is 0.181 e. The highest BCUT2D eigenvalue weighted by Gasteiger charge is 2.09. The molecule has 90 valence electrons. The van der Waals surface area contributed by atoms with Crippen LogP contribution in [0.5, 0.6) is 0 Å². The zero-order chi connectivity index (χ0) is 12.5. The predicted molar refractivity (Wildman–Crippen MR) is 68.7 cm³/mol. The molecule has 2 aromatic carbocycles. The molecule has 0 amide bonds. The van der Waals surface area contributed by atoms with Crippen molar-refractivity contribution in [2.75, 3.05) is 5.32 Å². The van der Waals surface area contributed by atoms with Crippen LogP contribution >= 0.6 is 11.6 Å². The zero-order valence-corrected chi connectivity index (χ0v) is 9.91. The van der Waals surface area contributed by atoms with E-state index in [0.717, 1.165) is 11.1 Å². The molecule has 0 fully saturated rings. The molecule has 18 heavy (non-hydrogen) atoms. The molecule has 5 heteroatoms. The van der Waals surface area contributed by atoms with Crippen molar-refractivity contribution >= 4 is 34.1 Å². The van der Waals surface area contributed by atoms with Gasteiger partial charge in [0.15, 0.2) is 11.4 Å². The first-order chi connectivity index (χ1) is 8.72. The maximum Gasteiger partial charge on any atom is 0.181 e. The molecule has 0 spiro atoms. The van der Waals surface area contributed by atoms with Crippen LogP contribution in [0.4, 0.5) is 15.9 Å². The summed E-state index contributed by atoms with van der Waals surface area (Å²) in [5.74, 6) is 0.181. The molecule has 1 heterocycles. The van der Waals surface area contributed by atoms with Gasteiger partial charge in [-0.25, -0.2) is 4.39 Å². The van der Waals surface area contributed by atoms with Gasteiger partial charge >= 0.3 is 0 Å². The standard InChI is InChI=1S/C13H8ClFN2O/c14-8-2-1-3-10(6-8)16-13-11-5-4-9(15)7-12(11)18-17-13/h1-7H,(H,16,17). The molecule has 1 N–H and O–H groups in total. The molecular weight excluding hydrogens is 255 g/mol. The molecule has 0 radical (unpaired) electrons. The maximum absolute atomic E-state index is 13.0. The van der Waals surface area contributed by atoms with Gasteiger partial charge in [-0.1, -0.05) is 22.8 Å². The molecule has 0 atom stereocenters. The fourth-order valence-corrected chi connectivity index (χ4v) is 1.89. The Hall–Kier alpha value is -2.07. The van der Waals surface area contributed by atoms with Crippen molar-refractivity contribution in [3.8, 4) is 0 Å². The van der Waals surface area contributed by atoms with Crippen LogP contribution in [0.25, 0.3) is 11.0 Å². The van der Waals surface area contributed by atoms with Gasteiger partial charge < -0.3 is 9.84 Å². The Morgan fingerprint density at radius 2 is 2.06 bits per heavy atom. The van der Waals surface area contributed by atoms with Crippen LogP contribution in [0.1, 0.15) is 0 Å². The third-order valence-electron chi connectivity index (χ3n) is 2.52. The van der Waals surface area contributed by atoms with Crippen molar-refractivity contribution in [3.05, 3.63) is 53.3 Å². The van der Waals surface area contributed by atoms with E-state index in [1.54, 1.807) is 18.2 Å². The monoisotopic (exact) mass is 262 g/mol. The Bertz CT molecular complexity index is 711. The molecule has 0 saturated heterocycles. The second-order valence-electron chi connectivity index (χ2n) is 3.81. The van der Waals surface area contributed by atoms with Crippen LogP contribution in [-0.2, 0) is 0 Å². The molecular formula is C13H8ClFN2O. The van der Waals surface area contributed by atoms with E-state index in [4.69, 9.17) is 16.1 Å².